The quantitative estimate of drug-likeness (QED) is 0.0803. The van der Waals surface area contributed by atoms with E-state index in [4.69, 9.17) is 33.4 Å². The first-order valence-electron chi connectivity index (χ1n) is 39.3. The van der Waals surface area contributed by atoms with Crippen LogP contribution in [0.15, 0.2) is 298 Å². The molecule has 0 radical (unpaired) electrons. The Labute approximate surface area is 717 Å². The molecule has 0 spiro atoms. The number of nitrogen functional groups attached to an aromatic ring is 5. The summed E-state index contributed by atoms with van der Waals surface area (Å²) in [6.45, 7) is 5.21. The third-order valence-electron chi connectivity index (χ3n) is 20.0. The maximum atomic E-state index is 14.4. The Morgan fingerprint density at radius 2 is 0.730 bits per heavy atom. The number of morpholine rings is 1. The van der Waals surface area contributed by atoms with Gasteiger partial charge in [0.15, 0.2) is 0 Å². The summed E-state index contributed by atoms with van der Waals surface area (Å²) < 4.78 is 34.1. The molecule has 11 heterocycles. The molecule has 1 saturated heterocycles. The molecule has 0 unspecified atom stereocenters. The smallest absolute Gasteiger partial charge is 0.240 e. The summed E-state index contributed by atoms with van der Waals surface area (Å²) in [5.74, 6) is -0.512. The summed E-state index contributed by atoms with van der Waals surface area (Å²) in [5.41, 5.74) is 49.3. The van der Waals surface area contributed by atoms with Gasteiger partial charge in [-0.1, -0.05) is 170 Å². The number of halogens is 2. The van der Waals surface area contributed by atoms with E-state index in [1.54, 1.807) is 61.1 Å². The van der Waals surface area contributed by atoms with Gasteiger partial charge in [-0.15, -0.1) is 51.0 Å². The first kappa shape index (κ1) is 80.7. The van der Waals surface area contributed by atoms with Crippen LogP contribution in [-0.4, -0.2) is 132 Å². The number of anilines is 6. The fourth-order valence-corrected chi connectivity index (χ4v) is 14.1. The van der Waals surface area contributed by atoms with Crippen LogP contribution >= 0.6 is 0 Å². The van der Waals surface area contributed by atoms with E-state index in [0.717, 1.165) is 132 Å². The molecule has 610 valence electrons. The molecule has 0 aliphatic carbocycles. The number of hydrogen-bond donors (Lipinski definition) is 5. The van der Waals surface area contributed by atoms with Crippen LogP contribution in [0, 0.1) is 29.9 Å². The Morgan fingerprint density at radius 1 is 0.310 bits per heavy atom. The largest absolute Gasteiger partial charge is 0.378 e. The number of hydrogen-bond acceptors (Lipinski definition) is 29. The Kier molecular flexibility index (Phi) is 23.7. The number of nitrogens with two attached hydrogens (primary N) is 5. The van der Waals surface area contributed by atoms with Crippen LogP contribution in [-0.2, 0) is 4.74 Å². The number of pyridine rings is 4. The third kappa shape index (κ3) is 18.2. The second-order valence-electron chi connectivity index (χ2n) is 28.3. The Bertz CT molecular complexity index is 7430. The van der Waals surface area contributed by atoms with Crippen LogP contribution in [0.1, 0.15) is 11.3 Å². The summed E-state index contributed by atoms with van der Waals surface area (Å²) in [6, 6.07) is 85.4. The lowest BCUT2D eigenvalue weighted by molar-refractivity contribution is 0.122. The number of benzene rings is 10. The lowest BCUT2D eigenvalue weighted by Crippen LogP contribution is -2.36. The average Bonchev–Trinajstić information content (AvgIpc) is 0.797. The molecule has 21 rings (SSSR count). The predicted octanol–water partition coefficient (Wildman–Crippen LogP) is 16.4. The first-order valence-corrected chi connectivity index (χ1v) is 39.3. The summed E-state index contributed by atoms with van der Waals surface area (Å²) in [5, 5.41) is 53.6. The molecule has 0 bridgehead atoms. The van der Waals surface area contributed by atoms with Crippen molar-refractivity contribution in [1.29, 1.82) is 5.26 Å². The molecule has 31 heteroatoms. The molecule has 0 saturated carbocycles. The van der Waals surface area contributed by atoms with Crippen molar-refractivity contribution in [2.24, 2.45) is 0 Å². The van der Waals surface area contributed by atoms with Crippen molar-refractivity contribution in [3.05, 3.63) is 321 Å². The van der Waals surface area contributed by atoms with Crippen molar-refractivity contribution in [3.63, 3.8) is 0 Å². The van der Waals surface area contributed by atoms with Gasteiger partial charge in [0, 0.05) is 121 Å². The molecule has 1 fully saturated rings. The fourth-order valence-electron chi connectivity index (χ4n) is 14.1. The molecule has 126 heavy (non-hydrogen) atoms. The van der Waals surface area contributed by atoms with Crippen LogP contribution in [0.3, 0.4) is 0 Å². The van der Waals surface area contributed by atoms with Crippen molar-refractivity contribution < 1.29 is 13.5 Å². The molecule has 0 atom stereocenters. The first-order chi connectivity index (χ1) is 61.7. The summed E-state index contributed by atoms with van der Waals surface area (Å²) >= 11 is 0. The van der Waals surface area contributed by atoms with Gasteiger partial charge in [-0.3, -0.25) is 29.9 Å². The monoisotopic (exact) mass is 1660 g/mol. The van der Waals surface area contributed by atoms with Crippen LogP contribution < -0.4 is 33.6 Å². The minimum atomic E-state index is -0.508. The number of nitriles is 1. The molecule has 29 nitrogen and oxygen atoms in total. The van der Waals surface area contributed by atoms with Gasteiger partial charge >= 0.3 is 0 Å². The van der Waals surface area contributed by atoms with E-state index < -0.39 is 11.6 Å². The third-order valence-corrected chi connectivity index (χ3v) is 20.0. The number of nitrogens with zero attached hydrogens (tertiary/aromatic N) is 23. The van der Waals surface area contributed by atoms with E-state index in [0.29, 0.717) is 56.2 Å². The standard InChI is InChI=1S/C22H20N6O.C19H12N6.C19H15N5.C18H11F2N5.C17H12N6/c23-22-25-20(15-4-2-1-3-5-15)21(26-27-22)16-6-7-19-17(12-16)13-18(14-24-19)28-8-10-29-11-9-28;20-11-15-10-14(9-13-7-4-8-22-16(13)15)18-17(23-19(21)25-24-18)12-5-2-1-3-6-12;1-12-7-8-14-11-15(9-10-16(14)21-12)18-17(22-19(20)24-23-18)13-5-3-2-4-6-13;19-13-6-2-1-5-12(13)17-16(24-25-18(21)23-17)11-8-10-4-3-7-22-15(10)14(20)9-11;18-17-21-15(11-4-2-1-3-5-11)16(22-23-17)12-6-7-13-14(10-12)20-9-8-19-13/h1-7,12-14H,8-11H2,(H2,23,25,27);1-10H,(H2,21,23,25);2-11H,1H3,(H2,20,22,24);1-9H,(H2,21,23,25);1-10H,(H2,18,21,23). The number of ether oxygens (including phenoxy) is 1. The van der Waals surface area contributed by atoms with Crippen molar-refractivity contribution >= 4 is 90.1 Å². The number of rotatable bonds is 11. The zero-order valence-electron chi connectivity index (χ0n) is 67.0. The Balaban J connectivity index is 0.000000111. The topological polar surface area (TPSA) is 437 Å². The normalized spacial score (nSPS) is 11.6. The molecule has 10 aromatic heterocycles. The lowest BCUT2D eigenvalue weighted by Gasteiger charge is -2.28. The summed E-state index contributed by atoms with van der Waals surface area (Å²) in [4.78, 5) is 50.1. The second-order valence-corrected chi connectivity index (χ2v) is 28.3. The molecule has 10 N–H and O–H groups in total. The van der Waals surface area contributed by atoms with Crippen LogP contribution in [0.5, 0.6) is 0 Å². The highest BCUT2D eigenvalue weighted by Gasteiger charge is 2.23. The highest BCUT2D eigenvalue weighted by atomic mass is 19.1. The van der Waals surface area contributed by atoms with E-state index >= 15 is 0 Å². The number of aryl methyl sites for hydroxylation is 1. The van der Waals surface area contributed by atoms with Gasteiger partial charge < -0.3 is 38.3 Å². The van der Waals surface area contributed by atoms with Gasteiger partial charge in [-0.25, -0.2) is 33.7 Å². The molecule has 10 aromatic carbocycles. The molecular formula is C95H70F2N28O. The SMILES string of the molecule is Cc1ccc2cc(-c3nnc(N)nc3-c3ccccc3)ccc2n1.N#Cc1cc(-c2nnc(N)nc2-c2ccccc2)cc2cccnc12.Nc1nnc(-c2cc(F)c3ncccc3c2)c(-c2ccccc2F)n1.Nc1nnc(-c2ccc3ncc(N4CCOCC4)cc3c2)c(-c2ccccc2)n1.Nc1nnc(-c2ccc3nccnc3c2)c(-c2ccccc2)n1. The van der Waals surface area contributed by atoms with Crippen molar-refractivity contribution in [2.75, 3.05) is 59.9 Å². The van der Waals surface area contributed by atoms with Crippen LogP contribution in [0.25, 0.3) is 167 Å². The van der Waals surface area contributed by atoms with E-state index in [9.17, 15) is 14.0 Å². The molecular weight excluding hydrogens is 1590 g/mol. The average molecular weight is 1660 g/mol. The molecule has 1 aliphatic heterocycles. The van der Waals surface area contributed by atoms with Gasteiger partial charge in [0.05, 0.1) is 58.2 Å². The zero-order chi connectivity index (χ0) is 86.4. The summed E-state index contributed by atoms with van der Waals surface area (Å²) in [7, 11) is 0. The van der Waals surface area contributed by atoms with Crippen molar-refractivity contribution in [3.8, 4) is 119 Å². The van der Waals surface area contributed by atoms with Crippen molar-refractivity contribution in [1.82, 2.24) is 106 Å². The maximum Gasteiger partial charge on any atom is 0.240 e. The van der Waals surface area contributed by atoms with Crippen LogP contribution in [0.2, 0.25) is 0 Å². The van der Waals surface area contributed by atoms with Gasteiger partial charge in [-0.05, 0) is 104 Å². The zero-order valence-corrected chi connectivity index (χ0v) is 67.0. The minimum Gasteiger partial charge on any atom is -0.378 e. The lowest BCUT2D eigenvalue weighted by atomic mass is 10.00. The van der Waals surface area contributed by atoms with Gasteiger partial charge in [-0.2, -0.15) is 5.26 Å². The highest BCUT2D eigenvalue weighted by molar-refractivity contribution is 5.94. The Morgan fingerprint density at radius 3 is 1.25 bits per heavy atom. The van der Waals surface area contributed by atoms with Gasteiger partial charge in [0.25, 0.3) is 0 Å². The number of fused-ring (bicyclic) bond motifs is 5. The number of aromatic nitrogens is 21. The van der Waals surface area contributed by atoms with Crippen LogP contribution in [0.4, 0.5) is 44.2 Å². The van der Waals surface area contributed by atoms with E-state index in [1.807, 2.05) is 201 Å². The molecule has 1 aliphatic rings. The highest BCUT2D eigenvalue weighted by Crippen LogP contribution is 2.38. The van der Waals surface area contributed by atoms with Gasteiger partial charge in [0.1, 0.15) is 80.2 Å². The predicted molar refractivity (Wildman–Crippen MR) is 482 cm³/mol. The maximum absolute atomic E-state index is 14.4. The second kappa shape index (κ2) is 36.9. The Hall–Kier alpha value is -17.7. The molecule has 0 amide bonds. The summed E-state index contributed by atoms with van der Waals surface area (Å²) in [6.07, 6.45) is 8.44. The van der Waals surface area contributed by atoms with Crippen molar-refractivity contribution in [2.45, 2.75) is 6.92 Å². The van der Waals surface area contributed by atoms with Gasteiger partial charge in [0.2, 0.25) is 29.7 Å². The minimum absolute atomic E-state index is 0.0927. The fraction of sp³-hybridized carbons (Fsp3) is 0.0526. The molecule has 20 aromatic rings. The van der Waals surface area contributed by atoms with E-state index in [1.165, 1.54) is 18.3 Å². The van der Waals surface area contributed by atoms with E-state index in [2.05, 4.69) is 141 Å². The van der Waals surface area contributed by atoms with E-state index in [-0.39, 0.29) is 52.2 Å².